The van der Waals surface area contributed by atoms with E-state index >= 15 is 0 Å². The van der Waals surface area contributed by atoms with Gasteiger partial charge in [0.05, 0.1) is 0 Å². The van der Waals surface area contributed by atoms with Crippen LogP contribution in [0.2, 0.25) is 0 Å². The van der Waals surface area contributed by atoms with E-state index in [4.69, 9.17) is 10.9 Å². The lowest BCUT2D eigenvalue weighted by Crippen LogP contribution is -2.29. The Morgan fingerprint density at radius 2 is 2.35 bits per heavy atom. The van der Waals surface area contributed by atoms with E-state index in [2.05, 4.69) is 22.1 Å². The molecule has 2 aliphatic carbocycles. The number of rotatable bonds is 4. The molecule has 0 aromatic carbocycles. The van der Waals surface area contributed by atoms with Crippen LogP contribution in [0, 0.1) is 17.8 Å². The quantitative estimate of drug-likeness (QED) is 0.381. The summed E-state index contributed by atoms with van der Waals surface area (Å²) in [6.07, 6.45) is 7.38. The summed E-state index contributed by atoms with van der Waals surface area (Å²) >= 11 is 0. The van der Waals surface area contributed by atoms with E-state index in [9.17, 15) is 0 Å². The summed E-state index contributed by atoms with van der Waals surface area (Å²) in [5, 5.41) is 11.7. The van der Waals surface area contributed by atoms with E-state index in [1.54, 1.807) is 6.20 Å². The Kier molecular flexibility index (Phi) is 3.51. The Bertz CT molecular complexity index is 516. The van der Waals surface area contributed by atoms with Crippen molar-refractivity contribution in [3.8, 4) is 0 Å². The summed E-state index contributed by atoms with van der Waals surface area (Å²) in [5.74, 6) is 2.77. The topological polar surface area (TPSA) is 74.7 Å². The van der Waals surface area contributed by atoms with Gasteiger partial charge in [0.15, 0.2) is 5.84 Å². The first-order valence-corrected chi connectivity index (χ1v) is 7.32. The minimum absolute atomic E-state index is 0.0557. The predicted octanol–water partition coefficient (Wildman–Crippen LogP) is 2.05. The zero-order chi connectivity index (χ0) is 14.1. The first kappa shape index (κ1) is 13.2. The number of aromatic nitrogens is 1. The average Bonchev–Trinajstić information content (AvgIpc) is 3.09. The third-order valence-electron chi connectivity index (χ3n) is 4.95. The molecule has 0 radical (unpaired) electrons. The van der Waals surface area contributed by atoms with Gasteiger partial charge in [0.1, 0.15) is 5.69 Å². The molecule has 0 amide bonds. The van der Waals surface area contributed by atoms with Gasteiger partial charge in [0.2, 0.25) is 0 Å². The third-order valence-corrected chi connectivity index (χ3v) is 4.95. The van der Waals surface area contributed by atoms with Gasteiger partial charge in [-0.05, 0) is 49.1 Å². The molecule has 108 valence electrons. The molecule has 2 saturated carbocycles. The highest BCUT2D eigenvalue weighted by Crippen LogP contribution is 2.48. The van der Waals surface area contributed by atoms with Crippen LogP contribution in [-0.2, 0) is 0 Å². The molecule has 1 aromatic rings. The van der Waals surface area contributed by atoms with E-state index in [0.29, 0.717) is 5.69 Å². The van der Waals surface area contributed by atoms with Crippen LogP contribution in [0.25, 0.3) is 0 Å². The molecule has 3 rings (SSSR count). The summed E-state index contributed by atoms with van der Waals surface area (Å²) < 4.78 is 0. The Labute approximate surface area is 119 Å². The molecule has 0 spiro atoms. The maximum absolute atomic E-state index is 8.73. The van der Waals surface area contributed by atoms with Crippen molar-refractivity contribution in [2.75, 3.05) is 18.5 Å². The number of nitrogens with zero attached hydrogens (tertiary/aromatic N) is 3. The van der Waals surface area contributed by atoms with Crippen LogP contribution in [0.1, 0.15) is 31.4 Å². The smallest absolute Gasteiger partial charge is 0.188 e. The van der Waals surface area contributed by atoms with Gasteiger partial charge in [-0.25, -0.2) is 0 Å². The highest BCUT2D eigenvalue weighted by Gasteiger charge is 2.39. The lowest BCUT2D eigenvalue weighted by Gasteiger charge is -2.28. The van der Waals surface area contributed by atoms with Crippen LogP contribution in [0.4, 0.5) is 5.69 Å². The number of hydrogen-bond acceptors (Lipinski definition) is 4. The van der Waals surface area contributed by atoms with Gasteiger partial charge < -0.3 is 15.8 Å². The molecular weight excluding hydrogens is 252 g/mol. The summed E-state index contributed by atoms with van der Waals surface area (Å²) in [4.78, 5) is 6.39. The Hall–Kier alpha value is -1.78. The second-order valence-electron chi connectivity index (χ2n) is 6.20. The number of anilines is 1. The van der Waals surface area contributed by atoms with E-state index in [1.807, 2.05) is 12.1 Å². The number of nitrogens with two attached hydrogens (primary N) is 1. The SMILES string of the molecule is CN(CC1CC2CCC1C2)c1ccnc(C(N)=NO)c1. The summed E-state index contributed by atoms with van der Waals surface area (Å²) in [5.41, 5.74) is 7.19. The van der Waals surface area contributed by atoms with Gasteiger partial charge in [-0.3, -0.25) is 4.98 Å². The molecule has 2 bridgehead atoms. The van der Waals surface area contributed by atoms with Gasteiger partial charge in [-0.1, -0.05) is 11.6 Å². The van der Waals surface area contributed by atoms with Crippen LogP contribution >= 0.6 is 0 Å². The van der Waals surface area contributed by atoms with Gasteiger partial charge >= 0.3 is 0 Å². The van der Waals surface area contributed by atoms with Crippen LogP contribution in [0.15, 0.2) is 23.5 Å². The van der Waals surface area contributed by atoms with Crippen molar-refractivity contribution in [3.05, 3.63) is 24.0 Å². The number of amidine groups is 1. The van der Waals surface area contributed by atoms with Gasteiger partial charge in [0.25, 0.3) is 0 Å². The van der Waals surface area contributed by atoms with Crippen molar-refractivity contribution in [2.24, 2.45) is 28.6 Å². The van der Waals surface area contributed by atoms with Crippen molar-refractivity contribution in [1.82, 2.24) is 4.98 Å². The van der Waals surface area contributed by atoms with Gasteiger partial charge in [0, 0.05) is 25.5 Å². The fraction of sp³-hybridized carbons (Fsp3) is 0.600. The zero-order valence-corrected chi connectivity index (χ0v) is 11.9. The third kappa shape index (κ3) is 2.44. The van der Waals surface area contributed by atoms with Crippen molar-refractivity contribution in [1.29, 1.82) is 0 Å². The second-order valence-corrected chi connectivity index (χ2v) is 6.20. The minimum atomic E-state index is 0.0557. The molecule has 1 heterocycles. The molecular formula is C15H22N4O. The average molecular weight is 274 g/mol. The minimum Gasteiger partial charge on any atom is -0.409 e. The first-order valence-electron chi connectivity index (χ1n) is 7.32. The van der Waals surface area contributed by atoms with Crippen molar-refractivity contribution in [3.63, 3.8) is 0 Å². The first-order chi connectivity index (χ1) is 9.67. The zero-order valence-electron chi connectivity index (χ0n) is 11.9. The second kappa shape index (κ2) is 5.31. The molecule has 5 heteroatoms. The molecule has 3 unspecified atom stereocenters. The number of hydrogen-bond donors (Lipinski definition) is 2. The molecule has 3 N–H and O–H groups in total. The number of pyridine rings is 1. The van der Waals surface area contributed by atoms with Crippen LogP contribution < -0.4 is 10.6 Å². The molecule has 5 nitrogen and oxygen atoms in total. The number of fused-ring (bicyclic) bond motifs is 2. The van der Waals surface area contributed by atoms with Crippen molar-refractivity contribution in [2.45, 2.75) is 25.7 Å². The largest absolute Gasteiger partial charge is 0.409 e. The molecule has 2 fully saturated rings. The van der Waals surface area contributed by atoms with Crippen LogP contribution in [0.5, 0.6) is 0 Å². The summed E-state index contributed by atoms with van der Waals surface area (Å²) in [7, 11) is 2.11. The predicted molar refractivity (Wildman–Crippen MR) is 79.0 cm³/mol. The molecule has 0 aliphatic heterocycles. The highest BCUT2D eigenvalue weighted by atomic mass is 16.4. The van der Waals surface area contributed by atoms with Crippen molar-refractivity contribution >= 4 is 11.5 Å². The lowest BCUT2D eigenvalue weighted by atomic mass is 9.88. The van der Waals surface area contributed by atoms with Crippen LogP contribution in [0.3, 0.4) is 0 Å². The maximum atomic E-state index is 8.73. The molecule has 0 saturated heterocycles. The Morgan fingerprint density at radius 1 is 1.50 bits per heavy atom. The van der Waals surface area contributed by atoms with E-state index in [1.165, 1.54) is 25.7 Å². The Morgan fingerprint density at radius 3 is 3.00 bits per heavy atom. The normalized spacial score (nSPS) is 28.9. The van der Waals surface area contributed by atoms with Gasteiger partial charge in [-0.2, -0.15) is 0 Å². The monoisotopic (exact) mass is 274 g/mol. The molecule has 3 atom stereocenters. The highest BCUT2D eigenvalue weighted by molar-refractivity contribution is 5.95. The fourth-order valence-electron chi connectivity index (χ4n) is 3.91. The summed E-state index contributed by atoms with van der Waals surface area (Å²) in [6.45, 7) is 1.08. The van der Waals surface area contributed by atoms with E-state index < -0.39 is 0 Å². The molecule has 2 aliphatic rings. The van der Waals surface area contributed by atoms with E-state index in [0.717, 1.165) is 30.0 Å². The Balaban J connectivity index is 1.69. The van der Waals surface area contributed by atoms with Crippen molar-refractivity contribution < 1.29 is 5.21 Å². The maximum Gasteiger partial charge on any atom is 0.188 e. The number of oxime groups is 1. The van der Waals surface area contributed by atoms with E-state index in [-0.39, 0.29) is 5.84 Å². The van der Waals surface area contributed by atoms with Gasteiger partial charge in [-0.15, -0.1) is 0 Å². The van der Waals surface area contributed by atoms with Crippen LogP contribution in [-0.4, -0.2) is 29.6 Å². The molecule has 20 heavy (non-hydrogen) atoms. The lowest BCUT2D eigenvalue weighted by molar-refractivity contribution is 0.318. The fourth-order valence-corrected chi connectivity index (χ4v) is 3.91. The molecule has 1 aromatic heterocycles. The summed E-state index contributed by atoms with van der Waals surface area (Å²) in [6, 6.07) is 3.85. The standard InChI is InChI=1S/C15H22N4O/c1-19(9-12-7-10-2-3-11(12)6-10)13-4-5-17-14(8-13)15(16)18-20/h4-5,8,10-12,20H,2-3,6-7,9H2,1H3,(H2,16,18).